The molecule has 3 amide bonds. The van der Waals surface area contributed by atoms with Crippen molar-refractivity contribution < 1.29 is 33.9 Å². The Morgan fingerprint density at radius 2 is 1.78 bits per heavy atom. The van der Waals surface area contributed by atoms with E-state index in [9.17, 15) is 24.3 Å². The molecule has 0 bridgehead atoms. The van der Waals surface area contributed by atoms with Gasteiger partial charge in [-0.2, -0.15) is 9.50 Å². The van der Waals surface area contributed by atoms with E-state index in [4.69, 9.17) is 21.2 Å². The van der Waals surface area contributed by atoms with Crippen molar-refractivity contribution in [3.05, 3.63) is 112 Å². The molecule has 0 spiro atoms. The molecule has 0 radical (unpaired) electrons. The average molecular weight is 844 g/mol. The molecular formula is C37H37N11O7S3. The summed E-state index contributed by atoms with van der Waals surface area (Å²) in [5.74, 6) is 3.49. The lowest BCUT2D eigenvalue weighted by molar-refractivity contribution is -0.154. The van der Waals surface area contributed by atoms with Crippen LogP contribution in [-0.4, -0.2) is 92.5 Å². The molecule has 0 aliphatic carbocycles. The molecule has 300 valence electrons. The summed E-state index contributed by atoms with van der Waals surface area (Å²) in [5.41, 5.74) is 8.76. The number of β-lactam (4-membered cyclic amide) rings is 1. The molecule has 7 N–H and O–H groups in total. The number of thioether (sulfide) groups is 2. The van der Waals surface area contributed by atoms with Crippen LogP contribution >= 0.6 is 34.9 Å². The lowest BCUT2D eigenvalue weighted by Gasteiger charge is -2.49. The summed E-state index contributed by atoms with van der Waals surface area (Å²) in [6, 6.07) is 19.3. The molecule has 1 fully saturated rings. The Bertz CT molecular complexity index is 2400. The summed E-state index contributed by atoms with van der Waals surface area (Å²) in [5, 5.41) is 22.3. The number of oxime groups is 1. The Morgan fingerprint density at radius 1 is 1.09 bits per heavy atom. The molecule has 21 heteroatoms. The van der Waals surface area contributed by atoms with Gasteiger partial charge in [0.25, 0.3) is 23.5 Å². The van der Waals surface area contributed by atoms with E-state index in [2.05, 4.69) is 30.5 Å². The molecular weight excluding hydrogens is 807 g/mol. The van der Waals surface area contributed by atoms with Crippen molar-refractivity contribution in [2.75, 3.05) is 17.2 Å². The van der Waals surface area contributed by atoms with E-state index >= 15 is 0 Å². The predicted octanol–water partition coefficient (Wildman–Crippen LogP) is 2.23. The molecule has 2 aromatic carbocycles. The Labute approximate surface area is 343 Å². The molecule has 58 heavy (non-hydrogen) atoms. The Kier molecular flexibility index (Phi) is 11.8. The number of carbonyl (C=O) groups excluding carboxylic acids is 4. The highest BCUT2D eigenvalue weighted by molar-refractivity contribution is 8.01. The van der Waals surface area contributed by atoms with Crippen LogP contribution in [0.1, 0.15) is 48.3 Å². The molecule has 7 rings (SSSR count). The van der Waals surface area contributed by atoms with Crippen molar-refractivity contribution in [2.45, 2.75) is 55.5 Å². The van der Waals surface area contributed by atoms with Crippen molar-refractivity contribution in [2.24, 2.45) is 11.0 Å². The van der Waals surface area contributed by atoms with Gasteiger partial charge in [0, 0.05) is 22.6 Å². The number of hydrogen-bond donors (Lipinski definition) is 5. The molecule has 18 nitrogen and oxygen atoms in total. The summed E-state index contributed by atoms with van der Waals surface area (Å²) in [4.78, 5) is 74.5. The van der Waals surface area contributed by atoms with Gasteiger partial charge >= 0.3 is 5.97 Å². The maximum atomic E-state index is 14.6. The minimum Gasteiger partial charge on any atom is -0.448 e. The number of thiazole rings is 1. The second-order valence-electron chi connectivity index (χ2n) is 13.4. The van der Waals surface area contributed by atoms with E-state index in [0.717, 1.165) is 22.5 Å². The summed E-state index contributed by atoms with van der Waals surface area (Å²) in [6.07, 6.45) is -0.805. The molecule has 2 aliphatic rings. The first-order valence-electron chi connectivity index (χ1n) is 17.6. The summed E-state index contributed by atoms with van der Waals surface area (Å²) < 4.78 is 7.82. The zero-order valence-corrected chi connectivity index (χ0v) is 33.6. The summed E-state index contributed by atoms with van der Waals surface area (Å²) in [6.45, 7) is 4.24. The second-order valence-corrected chi connectivity index (χ2v) is 16.4. The van der Waals surface area contributed by atoms with Crippen LogP contribution in [0.25, 0.3) is 5.78 Å². The predicted molar refractivity (Wildman–Crippen MR) is 216 cm³/mol. The third-order valence-electron chi connectivity index (χ3n) is 8.97. The molecule has 1 saturated heterocycles. The lowest BCUT2D eigenvalue weighted by Crippen LogP contribution is -2.71. The fourth-order valence-corrected chi connectivity index (χ4v) is 9.12. The number of anilines is 1. The first-order chi connectivity index (χ1) is 27.9. The van der Waals surface area contributed by atoms with E-state index in [0.29, 0.717) is 27.8 Å². The van der Waals surface area contributed by atoms with Crippen LogP contribution in [0, 0.1) is 6.92 Å². The van der Waals surface area contributed by atoms with Gasteiger partial charge in [-0.05, 0) is 43.5 Å². The fraction of sp³-hybridized carbons (Fsp3) is 0.270. The number of aliphatic hydroxyl groups excluding tert-OH is 1. The molecule has 0 saturated carbocycles. The number of nitrogens with zero attached hydrogens (tertiary/aromatic N) is 7. The highest BCUT2D eigenvalue weighted by Gasteiger charge is 2.55. The van der Waals surface area contributed by atoms with Crippen LogP contribution in [0.2, 0.25) is 0 Å². The van der Waals surface area contributed by atoms with Gasteiger partial charge in [0.15, 0.2) is 22.8 Å². The number of esters is 1. The van der Waals surface area contributed by atoms with Crippen LogP contribution in [0.5, 0.6) is 0 Å². The number of hydrogen-bond acceptors (Lipinski definition) is 17. The molecule has 2 atom stereocenters. The molecule has 5 heterocycles. The number of nitrogens with one attached hydrogen (secondary N) is 2. The van der Waals surface area contributed by atoms with E-state index in [1.807, 2.05) is 79.1 Å². The molecule has 1 unspecified atom stereocenters. The van der Waals surface area contributed by atoms with E-state index in [1.54, 1.807) is 0 Å². The van der Waals surface area contributed by atoms with Crippen molar-refractivity contribution in [3.63, 3.8) is 0 Å². The van der Waals surface area contributed by atoms with Crippen molar-refractivity contribution >= 4 is 75.2 Å². The van der Waals surface area contributed by atoms with Crippen LogP contribution in [0.15, 0.2) is 93.6 Å². The quantitative estimate of drug-likeness (QED) is 0.0157. The first kappa shape index (κ1) is 40.3. The van der Waals surface area contributed by atoms with Crippen LogP contribution in [-0.2, 0) is 35.4 Å². The van der Waals surface area contributed by atoms with E-state index in [1.165, 1.54) is 52.2 Å². The maximum absolute atomic E-state index is 14.6. The van der Waals surface area contributed by atoms with Gasteiger partial charge in [-0.1, -0.05) is 65.8 Å². The van der Waals surface area contributed by atoms with Crippen LogP contribution < -0.4 is 22.3 Å². The average Bonchev–Trinajstić information content (AvgIpc) is 3.86. The number of nitrogens with two attached hydrogens (primary N) is 2. The van der Waals surface area contributed by atoms with Gasteiger partial charge in [0.05, 0.1) is 0 Å². The smallest absolute Gasteiger partial charge is 0.356 e. The number of aliphatic hydroxyl groups is 1. The van der Waals surface area contributed by atoms with Crippen molar-refractivity contribution in [1.29, 1.82) is 0 Å². The number of amides is 3. The number of carbonyl (C=O) groups is 4. The Morgan fingerprint density at radius 3 is 2.40 bits per heavy atom. The topological polar surface area (TPSA) is 255 Å². The standard InChI is InChI=1S/C37H37N11O7S3/c1-19-14-25(48-36(40-19)42-24(15-49)45-48)56-16-22-17-57-32-27(43-30(50)26(23-18-58-35(38)41-23)46-55-37(2,3)34(53)44-39)31(51)47(32)28(22)33(52)54-29(20-10-6-4-7-11-20)21-12-8-5-9-13-21/h4-14,18,27,29,32,49H,15-17,39H2,1-3H3,(H2,38,41)(H,43,50)(H,44,53)/t27?,32-/m0/s1. The number of ether oxygens (including phenoxy) is 1. The van der Waals surface area contributed by atoms with Gasteiger partial charge < -0.3 is 25.7 Å². The number of fused-ring (bicyclic) bond motifs is 2. The zero-order valence-electron chi connectivity index (χ0n) is 31.2. The number of aryl methyl sites for hydroxylation is 1. The monoisotopic (exact) mass is 843 g/mol. The molecule has 5 aromatic rings. The third-order valence-corrected chi connectivity index (χ3v) is 12.1. The number of nitrogen functional groups attached to an aromatic ring is 1. The van der Waals surface area contributed by atoms with Crippen molar-refractivity contribution in [3.8, 4) is 0 Å². The van der Waals surface area contributed by atoms with Crippen LogP contribution in [0.4, 0.5) is 5.13 Å². The third kappa shape index (κ3) is 8.25. The van der Waals surface area contributed by atoms with Crippen molar-refractivity contribution in [1.82, 2.24) is 40.2 Å². The van der Waals surface area contributed by atoms with Gasteiger partial charge in [-0.15, -0.1) is 40.0 Å². The minimum absolute atomic E-state index is 0.0548. The lowest BCUT2D eigenvalue weighted by atomic mass is 10.0. The Balaban J connectivity index is 1.20. The molecule has 2 aliphatic heterocycles. The molecule has 3 aromatic heterocycles. The number of hydrazine groups is 1. The fourth-order valence-electron chi connectivity index (χ4n) is 6.04. The zero-order chi connectivity index (χ0) is 41.1. The SMILES string of the molecule is Cc1cc(SCC2=C(C(=O)OC(c3ccccc3)c3ccccc3)N3C(=O)C(NC(=O)C(=NOC(C)(C)C(=O)NN)c4csc(N)n4)[C@@H]3SC2)n2nc(CO)nc2n1. The maximum Gasteiger partial charge on any atom is 0.356 e. The Hall–Kier alpha value is -5.87. The number of benzene rings is 2. The van der Waals surface area contributed by atoms with Gasteiger partial charge in [-0.3, -0.25) is 24.7 Å². The minimum atomic E-state index is -1.58. The largest absolute Gasteiger partial charge is 0.448 e. The highest BCUT2D eigenvalue weighted by Crippen LogP contribution is 2.43. The van der Waals surface area contributed by atoms with E-state index < -0.39 is 46.8 Å². The summed E-state index contributed by atoms with van der Waals surface area (Å²) >= 11 is 3.76. The number of rotatable bonds is 14. The van der Waals surface area contributed by atoms with Gasteiger partial charge in [0.1, 0.15) is 34.4 Å². The van der Waals surface area contributed by atoms with Gasteiger partial charge in [-0.25, -0.2) is 20.6 Å². The first-order valence-corrected chi connectivity index (χ1v) is 20.5. The summed E-state index contributed by atoms with van der Waals surface area (Å²) in [7, 11) is 0. The highest BCUT2D eigenvalue weighted by atomic mass is 32.2. The normalized spacial score (nSPS) is 16.9. The van der Waals surface area contributed by atoms with Gasteiger partial charge in [0.2, 0.25) is 5.60 Å². The van der Waals surface area contributed by atoms with Crippen LogP contribution in [0.3, 0.4) is 0 Å². The number of aromatic nitrogens is 5. The second kappa shape index (κ2) is 16.9. The van der Waals surface area contributed by atoms with E-state index in [-0.39, 0.29) is 40.4 Å².